The fraction of sp³-hybridized carbons (Fsp3) is 0.737. The van der Waals surface area contributed by atoms with Crippen molar-refractivity contribution in [2.75, 3.05) is 13.2 Å². The fourth-order valence-corrected chi connectivity index (χ4v) is 7.13. The van der Waals surface area contributed by atoms with Crippen LogP contribution in [0.1, 0.15) is 252 Å². The van der Waals surface area contributed by atoms with Crippen molar-refractivity contribution in [2.24, 2.45) is 0 Å². The topological polar surface area (TPSA) is 78.9 Å². The highest BCUT2D eigenvalue weighted by molar-refractivity contribution is 5.71. The molecule has 0 spiro atoms. The maximum absolute atomic E-state index is 12.8. The number of allylic oxidation sites excluding steroid dienone is 12. The number of hydrogen-bond donors (Lipinski definition) is 0. The molecule has 0 aliphatic rings. The first-order chi connectivity index (χ1) is 31.0. The summed E-state index contributed by atoms with van der Waals surface area (Å²) in [6.45, 7) is 6.53. The molecule has 0 aromatic carbocycles. The predicted molar refractivity (Wildman–Crippen MR) is 270 cm³/mol. The van der Waals surface area contributed by atoms with Gasteiger partial charge < -0.3 is 14.2 Å². The third-order valence-electron chi connectivity index (χ3n) is 11.2. The van der Waals surface area contributed by atoms with Gasteiger partial charge in [0.25, 0.3) is 0 Å². The zero-order valence-corrected chi connectivity index (χ0v) is 41.3. The minimum absolute atomic E-state index is 0.102. The van der Waals surface area contributed by atoms with Crippen LogP contribution in [0, 0.1) is 0 Å². The highest BCUT2D eigenvalue weighted by Gasteiger charge is 2.19. The molecule has 1 unspecified atom stereocenters. The Hall–Kier alpha value is -3.15. The van der Waals surface area contributed by atoms with Gasteiger partial charge in [-0.05, 0) is 109 Å². The fourth-order valence-electron chi connectivity index (χ4n) is 7.13. The van der Waals surface area contributed by atoms with Crippen LogP contribution in [0.4, 0.5) is 0 Å². The van der Waals surface area contributed by atoms with Gasteiger partial charge in [0.15, 0.2) is 6.10 Å². The average Bonchev–Trinajstić information content (AvgIpc) is 3.28. The number of rotatable bonds is 47. The summed E-state index contributed by atoms with van der Waals surface area (Å²) < 4.78 is 16.7. The Morgan fingerprint density at radius 3 is 1.03 bits per heavy atom. The molecular formula is C57H98O6. The molecule has 1 atom stereocenters. The first-order valence-electron chi connectivity index (χ1n) is 26.4. The summed E-state index contributed by atoms with van der Waals surface area (Å²) >= 11 is 0. The van der Waals surface area contributed by atoms with Crippen LogP contribution < -0.4 is 0 Å². The van der Waals surface area contributed by atoms with Crippen molar-refractivity contribution in [3.63, 3.8) is 0 Å². The lowest BCUT2D eigenvalue weighted by molar-refractivity contribution is -0.167. The summed E-state index contributed by atoms with van der Waals surface area (Å²) in [6.07, 6.45) is 64.6. The van der Waals surface area contributed by atoms with Gasteiger partial charge in [-0.2, -0.15) is 0 Å². The van der Waals surface area contributed by atoms with Crippen LogP contribution in [-0.2, 0) is 28.6 Å². The van der Waals surface area contributed by atoms with Gasteiger partial charge >= 0.3 is 17.9 Å². The summed E-state index contributed by atoms with van der Waals surface area (Å²) in [5.41, 5.74) is 0. The Morgan fingerprint density at radius 1 is 0.317 bits per heavy atom. The molecule has 0 rings (SSSR count). The second kappa shape index (κ2) is 51.5. The standard InChI is InChI=1S/C57H98O6/c1-4-7-10-13-16-19-22-25-27-28-30-32-35-38-41-44-47-50-56(59)62-53-54(52-61-55(58)49-46-43-40-37-34-31-24-21-18-15-12-9-6-3)63-57(60)51-48-45-42-39-36-33-29-26-23-20-17-14-11-8-5-2/h16,19-20,23,25,27,30-32,34,38,41,54H,4-15,17-18,21-22,24,26,28-29,33,35-37,39-40,42-53H2,1-3H3/b19-16-,23-20-,27-25-,32-30-,34-31-,41-38-. The third kappa shape index (κ3) is 49.7. The first-order valence-corrected chi connectivity index (χ1v) is 26.4. The Bertz CT molecular complexity index is 1190. The molecule has 0 aliphatic heterocycles. The van der Waals surface area contributed by atoms with Crippen LogP contribution in [0.5, 0.6) is 0 Å². The second-order valence-corrected chi connectivity index (χ2v) is 17.4. The molecule has 0 amide bonds. The van der Waals surface area contributed by atoms with E-state index < -0.39 is 6.10 Å². The van der Waals surface area contributed by atoms with Gasteiger partial charge in [-0.25, -0.2) is 0 Å². The molecule has 0 heterocycles. The van der Waals surface area contributed by atoms with Crippen LogP contribution in [0.3, 0.4) is 0 Å². The summed E-state index contributed by atoms with van der Waals surface area (Å²) in [6, 6.07) is 0. The maximum Gasteiger partial charge on any atom is 0.306 e. The van der Waals surface area contributed by atoms with Crippen LogP contribution >= 0.6 is 0 Å². The first kappa shape index (κ1) is 59.9. The van der Waals surface area contributed by atoms with Crippen molar-refractivity contribution in [3.8, 4) is 0 Å². The van der Waals surface area contributed by atoms with E-state index in [0.29, 0.717) is 19.3 Å². The van der Waals surface area contributed by atoms with Crippen molar-refractivity contribution < 1.29 is 28.6 Å². The third-order valence-corrected chi connectivity index (χ3v) is 11.2. The molecular weight excluding hydrogens is 781 g/mol. The maximum atomic E-state index is 12.8. The minimum atomic E-state index is -0.805. The molecule has 6 heteroatoms. The lowest BCUT2D eigenvalue weighted by Crippen LogP contribution is -2.30. The van der Waals surface area contributed by atoms with Crippen LogP contribution in [-0.4, -0.2) is 37.2 Å². The van der Waals surface area contributed by atoms with Crippen LogP contribution in [0.2, 0.25) is 0 Å². The molecule has 0 saturated heterocycles. The van der Waals surface area contributed by atoms with Gasteiger partial charge in [0.05, 0.1) is 0 Å². The Balaban J connectivity index is 4.49. The zero-order chi connectivity index (χ0) is 45.8. The number of carbonyl (C=O) groups excluding carboxylic acids is 3. The highest BCUT2D eigenvalue weighted by atomic mass is 16.6. The quantitative estimate of drug-likeness (QED) is 0.0262. The number of esters is 3. The molecule has 0 saturated carbocycles. The van der Waals surface area contributed by atoms with Gasteiger partial charge in [0, 0.05) is 19.3 Å². The Morgan fingerprint density at radius 2 is 0.587 bits per heavy atom. The minimum Gasteiger partial charge on any atom is -0.462 e. The summed E-state index contributed by atoms with van der Waals surface area (Å²) in [7, 11) is 0. The van der Waals surface area contributed by atoms with Gasteiger partial charge in [-0.3, -0.25) is 14.4 Å². The largest absolute Gasteiger partial charge is 0.462 e. The molecule has 0 N–H and O–H groups in total. The van der Waals surface area contributed by atoms with Crippen molar-refractivity contribution in [1.82, 2.24) is 0 Å². The lowest BCUT2D eigenvalue weighted by Gasteiger charge is -2.18. The van der Waals surface area contributed by atoms with E-state index in [1.807, 2.05) is 0 Å². The van der Waals surface area contributed by atoms with E-state index in [4.69, 9.17) is 14.2 Å². The van der Waals surface area contributed by atoms with E-state index in [-0.39, 0.29) is 37.5 Å². The monoisotopic (exact) mass is 879 g/mol. The van der Waals surface area contributed by atoms with E-state index in [9.17, 15) is 14.4 Å². The molecule has 362 valence electrons. The number of ether oxygens (including phenoxy) is 3. The number of hydrogen-bond acceptors (Lipinski definition) is 6. The van der Waals surface area contributed by atoms with Crippen molar-refractivity contribution in [3.05, 3.63) is 72.9 Å². The van der Waals surface area contributed by atoms with E-state index in [1.54, 1.807) is 0 Å². The highest BCUT2D eigenvalue weighted by Crippen LogP contribution is 2.13. The molecule has 0 radical (unpaired) electrons. The molecule has 0 fully saturated rings. The van der Waals surface area contributed by atoms with Crippen LogP contribution in [0.15, 0.2) is 72.9 Å². The SMILES string of the molecule is CCCCC/C=C\C/C=C\C/C=C\C/C=C\CCCC(=O)OCC(COC(=O)CCCCC/C=C\CCCCCCCC)OC(=O)CCCCCCCCC/C=C\CCCCCC. The summed E-state index contributed by atoms with van der Waals surface area (Å²) in [5, 5.41) is 0. The van der Waals surface area contributed by atoms with E-state index in [0.717, 1.165) is 77.0 Å². The van der Waals surface area contributed by atoms with Gasteiger partial charge in [0.2, 0.25) is 0 Å². The normalized spacial score (nSPS) is 12.6. The van der Waals surface area contributed by atoms with Crippen molar-refractivity contribution >= 4 is 17.9 Å². The summed E-state index contributed by atoms with van der Waals surface area (Å²) in [4.78, 5) is 38.0. The summed E-state index contributed by atoms with van der Waals surface area (Å²) in [5.74, 6) is -0.977. The van der Waals surface area contributed by atoms with Gasteiger partial charge in [-0.1, -0.05) is 196 Å². The average molecular weight is 879 g/mol. The van der Waals surface area contributed by atoms with E-state index in [2.05, 4.69) is 93.7 Å². The Kier molecular flexibility index (Phi) is 48.9. The number of unbranched alkanes of at least 4 members (excludes halogenated alkanes) is 24. The van der Waals surface area contributed by atoms with Crippen molar-refractivity contribution in [1.29, 1.82) is 0 Å². The number of carbonyl (C=O) groups is 3. The molecule has 0 aromatic rings. The van der Waals surface area contributed by atoms with Gasteiger partial charge in [-0.15, -0.1) is 0 Å². The van der Waals surface area contributed by atoms with Gasteiger partial charge in [0.1, 0.15) is 13.2 Å². The molecule has 0 bridgehead atoms. The lowest BCUT2D eigenvalue weighted by atomic mass is 10.1. The molecule has 6 nitrogen and oxygen atoms in total. The zero-order valence-electron chi connectivity index (χ0n) is 41.3. The molecule has 0 aliphatic carbocycles. The van der Waals surface area contributed by atoms with Crippen molar-refractivity contribution in [2.45, 2.75) is 258 Å². The predicted octanol–water partition coefficient (Wildman–Crippen LogP) is 17.4. The van der Waals surface area contributed by atoms with E-state index in [1.165, 1.54) is 128 Å². The molecule has 0 aromatic heterocycles. The molecule has 63 heavy (non-hydrogen) atoms. The Labute approximate surface area is 389 Å². The second-order valence-electron chi connectivity index (χ2n) is 17.4. The van der Waals surface area contributed by atoms with E-state index >= 15 is 0 Å². The van der Waals surface area contributed by atoms with Crippen LogP contribution in [0.25, 0.3) is 0 Å². The smallest absolute Gasteiger partial charge is 0.306 e.